The zero-order valence-electron chi connectivity index (χ0n) is 5.99. The Morgan fingerprint density at radius 1 is 1.45 bits per heavy atom. The molecule has 0 aromatic heterocycles. The van der Waals surface area contributed by atoms with Crippen molar-refractivity contribution >= 4 is 44.5 Å². The van der Waals surface area contributed by atoms with Crippen LogP contribution in [-0.2, 0) is 4.79 Å². The van der Waals surface area contributed by atoms with Gasteiger partial charge in [-0.3, -0.25) is 4.79 Å². The second-order valence-corrected chi connectivity index (χ2v) is 4.89. The van der Waals surface area contributed by atoms with Crippen molar-refractivity contribution < 1.29 is 4.79 Å². The van der Waals surface area contributed by atoms with Gasteiger partial charge in [0, 0.05) is 30.6 Å². The molecule has 0 amide bonds. The van der Waals surface area contributed by atoms with E-state index in [0.29, 0.717) is 18.6 Å². The van der Waals surface area contributed by atoms with Crippen molar-refractivity contribution in [1.82, 2.24) is 4.31 Å². The van der Waals surface area contributed by atoms with Crippen LogP contribution >= 0.6 is 34.0 Å². The monoisotopic (exact) mass is 207 g/mol. The lowest BCUT2D eigenvalue weighted by Gasteiger charge is -2.22. The number of ketones is 1. The van der Waals surface area contributed by atoms with Crippen molar-refractivity contribution in [3.8, 4) is 0 Å². The number of thiocarbonyl (C=S) groups is 1. The van der Waals surface area contributed by atoms with E-state index in [2.05, 4.69) is 16.5 Å². The van der Waals surface area contributed by atoms with Crippen LogP contribution in [0, 0.1) is 0 Å². The Kier molecular flexibility index (Phi) is 4.44. The summed E-state index contributed by atoms with van der Waals surface area (Å²) >= 11 is 4.67. The molecule has 2 nitrogen and oxygen atoms in total. The summed E-state index contributed by atoms with van der Waals surface area (Å²) in [6, 6.07) is 0. The number of carbonyl (C=O) groups excluding carboxylic acids is 1. The summed E-state index contributed by atoms with van der Waals surface area (Å²) in [6.07, 6.45) is 1.40. The molecule has 0 unspecified atom stereocenters. The lowest BCUT2D eigenvalue weighted by molar-refractivity contribution is -0.120. The molecule has 0 bridgehead atoms. The molecule has 0 N–H and O–H groups in total. The molecule has 62 valence electrons. The highest BCUT2D eigenvalue weighted by molar-refractivity contribution is 8.82. The van der Waals surface area contributed by atoms with Crippen LogP contribution in [0.5, 0.6) is 0 Å². The fourth-order valence-corrected chi connectivity index (χ4v) is 2.61. The van der Waals surface area contributed by atoms with Crippen molar-refractivity contribution in [3.05, 3.63) is 0 Å². The zero-order chi connectivity index (χ0) is 8.10. The smallest absolute Gasteiger partial charge is 0.135 e. The largest absolute Gasteiger partial charge is 0.300 e. The van der Waals surface area contributed by atoms with Gasteiger partial charge in [-0.15, -0.1) is 0 Å². The first-order valence-corrected chi connectivity index (χ1v) is 6.01. The Morgan fingerprint density at radius 3 is 2.64 bits per heavy atom. The summed E-state index contributed by atoms with van der Waals surface area (Å²) in [4.78, 5) is 10.8. The number of piperidine rings is 1. The van der Waals surface area contributed by atoms with Crippen molar-refractivity contribution in [1.29, 1.82) is 0 Å². The van der Waals surface area contributed by atoms with Gasteiger partial charge in [0.05, 0.1) is 0 Å². The normalized spacial score (nSPS) is 20.2. The van der Waals surface area contributed by atoms with Gasteiger partial charge in [-0.25, -0.2) is 4.31 Å². The number of rotatable bonds is 3. The van der Waals surface area contributed by atoms with Gasteiger partial charge in [-0.1, -0.05) is 12.2 Å². The second kappa shape index (κ2) is 5.13. The maximum absolute atomic E-state index is 10.8. The number of Topliss-reactive ketones (excluding diaryl/α,β-unsaturated/α-hetero) is 1. The van der Waals surface area contributed by atoms with Gasteiger partial charge >= 0.3 is 0 Å². The van der Waals surface area contributed by atoms with E-state index in [1.54, 1.807) is 15.7 Å². The second-order valence-electron chi connectivity index (χ2n) is 2.23. The summed E-state index contributed by atoms with van der Waals surface area (Å²) in [6.45, 7) is 1.75. The van der Waals surface area contributed by atoms with E-state index < -0.39 is 0 Å². The number of hydrogen-bond donors (Lipinski definition) is 0. The van der Waals surface area contributed by atoms with Gasteiger partial charge in [-0.2, -0.15) is 0 Å². The first-order chi connectivity index (χ1) is 5.33. The molecular formula is C6H9NOS3. The van der Waals surface area contributed by atoms with Gasteiger partial charge in [0.1, 0.15) is 5.78 Å². The first kappa shape index (κ1) is 9.51. The molecule has 1 heterocycles. The summed E-state index contributed by atoms with van der Waals surface area (Å²) in [5.41, 5.74) is 0. The Balaban J connectivity index is 2.16. The zero-order valence-corrected chi connectivity index (χ0v) is 8.44. The highest BCUT2D eigenvalue weighted by Crippen LogP contribution is 2.26. The van der Waals surface area contributed by atoms with E-state index >= 15 is 0 Å². The third-order valence-corrected chi connectivity index (χ3v) is 4.04. The van der Waals surface area contributed by atoms with Crippen LogP contribution in [0.25, 0.3) is 0 Å². The molecule has 0 aliphatic carbocycles. The predicted octanol–water partition coefficient (Wildman–Crippen LogP) is 1.90. The topological polar surface area (TPSA) is 20.3 Å². The predicted molar refractivity (Wildman–Crippen MR) is 54.7 cm³/mol. The van der Waals surface area contributed by atoms with Crippen LogP contribution < -0.4 is 0 Å². The highest BCUT2D eigenvalue weighted by atomic mass is 33.1. The molecule has 0 spiro atoms. The molecule has 1 aliphatic heterocycles. The van der Waals surface area contributed by atoms with E-state index in [1.807, 2.05) is 0 Å². The van der Waals surface area contributed by atoms with Gasteiger partial charge < -0.3 is 0 Å². The fourth-order valence-electron chi connectivity index (χ4n) is 0.889. The minimum absolute atomic E-state index is 0.384. The third-order valence-electron chi connectivity index (χ3n) is 1.47. The van der Waals surface area contributed by atoms with Crippen LogP contribution in [0.3, 0.4) is 0 Å². The van der Waals surface area contributed by atoms with E-state index in [1.165, 1.54) is 10.8 Å². The van der Waals surface area contributed by atoms with Gasteiger partial charge in [0.25, 0.3) is 0 Å². The van der Waals surface area contributed by atoms with Crippen molar-refractivity contribution in [2.24, 2.45) is 0 Å². The molecule has 0 atom stereocenters. The molecule has 0 saturated carbocycles. The van der Waals surface area contributed by atoms with Gasteiger partial charge in [0.2, 0.25) is 0 Å². The fraction of sp³-hybridized carbons (Fsp3) is 0.667. The lowest BCUT2D eigenvalue weighted by atomic mass is 10.1. The van der Waals surface area contributed by atoms with Crippen LogP contribution in [-0.4, -0.2) is 27.9 Å². The maximum Gasteiger partial charge on any atom is 0.135 e. The number of hydrogen-bond acceptors (Lipinski definition) is 5. The van der Waals surface area contributed by atoms with E-state index in [0.717, 1.165) is 13.1 Å². The summed E-state index contributed by atoms with van der Waals surface area (Å²) < 4.78 is 3.82. The average Bonchev–Trinajstić information content (AvgIpc) is 2.04. The molecule has 0 aromatic carbocycles. The standard InChI is InChI=1S/C6H9NOS3/c8-6-1-3-7(4-2-6)11-10-5-9/h5H,1-4H2. The van der Waals surface area contributed by atoms with Gasteiger partial charge in [0.15, 0.2) is 0 Å². The van der Waals surface area contributed by atoms with E-state index in [4.69, 9.17) is 0 Å². The molecule has 1 saturated heterocycles. The lowest BCUT2D eigenvalue weighted by Crippen LogP contribution is -2.27. The van der Waals surface area contributed by atoms with E-state index in [-0.39, 0.29) is 0 Å². The quantitative estimate of drug-likeness (QED) is 0.399. The van der Waals surface area contributed by atoms with Crippen molar-refractivity contribution in [3.63, 3.8) is 0 Å². The molecule has 1 fully saturated rings. The molecule has 1 rings (SSSR count). The number of nitrogens with zero attached hydrogens (tertiary/aromatic N) is 1. The van der Waals surface area contributed by atoms with Crippen molar-refractivity contribution in [2.75, 3.05) is 13.1 Å². The first-order valence-electron chi connectivity index (χ1n) is 3.36. The molecule has 0 radical (unpaired) electrons. The molecule has 5 heteroatoms. The highest BCUT2D eigenvalue weighted by Gasteiger charge is 2.15. The minimum Gasteiger partial charge on any atom is -0.300 e. The molecule has 11 heavy (non-hydrogen) atoms. The van der Waals surface area contributed by atoms with Crippen LogP contribution in [0.15, 0.2) is 0 Å². The molecule has 0 aromatic rings. The molecular weight excluding hydrogens is 198 g/mol. The SMILES string of the molecule is O=C1CCN(SSC=S)CC1. The minimum atomic E-state index is 0.384. The third kappa shape index (κ3) is 3.55. The van der Waals surface area contributed by atoms with Crippen LogP contribution in [0.4, 0.5) is 0 Å². The van der Waals surface area contributed by atoms with Gasteiger partial charge in [-0.05, 0) is 21.8 Å². The van der Waals surface area contributed by atoms with Crippen LogP contribution in [0.1, 0.15) is 12.8 Å². The summed E-state index contributed by atoms with van der Waals surface area (Å²) in [7, 11) is 3.17. The van der Waals surface area contributed by atoms with Crippen LogP contribution in [0.2, 0.25) is 0 Å². The summed E-state index contributed by atoms with van der Waals surface area (Å²) in [5, 5.41) is 0. The average molecular weight is 207 g/mol. The Labute approximate surface area is 79.6 Å². The maximum atomic E-state index is 10.8. The Morgan fingerprint density at radius 2 is 2.09 bits per heavy atom. The molecule has 1 aliphatic rings. The Hall–Kier alpha value is 0.420. The Bertz CT molecular complexity index is 149. The number of carbonyl (C=O) groups is 1. The summed E-state index contributed by atoms with van der Waals surface area (Å²) in [5.74, 6) is 0.384. The van der Waals surface area contributed by atoms with Crippen molar-refractivity contribution in [2.45, 2.75) is 12.8 Å². The van der Waals surface area contributed by atoms with E-state index in [9.17, 15) is 4.79 Å².